The minimum Gasteiger partial charge on any atom is -0.479 e. The van der Waals surface area contributed by atoms with Crippen molar-refractivity contribution in [3.05, 3.63) is 0 Å². The smallest absolute Gasteiger partial charge is 0.329 e. The molecular weight excluding hydrogens is 298 g/mol. The van der Waals surface area contributed by atoms with Gasteiger partial charge >= 0.3 is 12.0 Å². The highest BCUT2D eigenvalue weighted by Crippen LogP contribution is 2.33. The van der Waals surface area contributed by atoms with E-state index in [9.17, 15) is 23.1 Å². The van der Waals surface area contributed by atoms with Gasteiger partial charge in [0.25, 0.3) is 0 Å². The fourth-order valence-corrected chi connectivity index (χ4v) is 3.15. The summed E-state index contributed by atoms with van der Waals surface area (Å²) in [6.45, 7) is 2.48. The Bertz CT molecular complexity index is 493. The van der Waals surface area contributed by atoms with E-state index in [0.717, 1.165) is 6.26 Å². The highest BCUT2D eigenvalue weighted by Gasteiger charge is 2.49. The van der Waals surface area contributed by atoms with Crippen molar-refractivity contribution in [1.82, 2.24) is 14.9 Å². The quantitative estimate of drug-likeness (QED) is 0.569. The first-order valence-corrected chi connectivity index (χ1v) is 8.85. The fraction of sp³-hybridized carbons (Fsp3) is 0.833. The van der Waals surface area contributed by atoms with Gasteiger partial charge in [0.1, 0.15) is 5.54 Å². The number of rotatable bonds is 7. The molecule has 0 radical (unpaired) electrons. The molecule has 0 aliphatic carbocycles. The van der Waals surface area contributed by atoms with Gasteiger partial charge in [-0.2, -0.15) is 0 Å². The molecule has 1 saturated heterocycles. The summed E-state index contributed by atoms with van der Waals surface area (Å²) in [7, 11) is -3.30. The van der Waals surface area contributed by atoms with Gasteiger partial charge in [0.2, 0.25) is 10.0 Å². The Morgan fingerprint density at radius 3 is 2.52 bits per heavy atom. The average molecular weight is 321 g/mol. The van der Waals surface area contributed by atoms with Crippen molar-refractivity contribution in [2.75, 3.05) is 25.9 Å². The Labute approximate surface area is 124 Å². The van der Waals surface area contributed by atoms with Crippen LogP contribution in [0.1, 0.15) is 32.6 Å². The molecule has 0 aromatic carbocycles. The van der Waals surface area contributed by atoms with Crippen molar-refractivity contribution in [2.45, 2.75) is 38.1 Å². The monoisotopic (exact) mass is 321 g/mol. The van der Waals surface area contributed by atoms with E-state index in [1.807, 2.05) is 6.92 Å². The minimum absolute atomic E-state index is 0.0757. The van der Waals surface area contributed by atoms with Crippen LogP contribution < -0.4 is 10.0 Å². The topological polar surface area (TPSA) is 116 Å². The maximum absolute atomic E-state index is 12.1. The van der Waals surface area contributed by atoms with Gasteiger partial charge in [0.15, 0.2) is 0 Å². The molecule has 0 aromatic rings. The van der Waals surface area contributed by atoms with Gasteiger partial charge < -0.3 is 15.3 Å². The lowest BCUT2D eigenvalue weighted by atomic mass is 9.91. The standard InChI is InChI=1S/C12H23N3O5S/c1-3-5-12(10(16)17)6-4-9-15(12)11(18)13-7-8-14-21(2,19)20/h14H,3-9H2,1-2H3,(H,13,18)(H,16,17). The lowest BCUT2D eigenvalue weighted by molar-refractivity contribution is -0.148. The first-order chi connectivity index (χ1) is 9.73. The molecule has 0 saturated carbocycles. The predicted octanol–water partition coefficient (Wildman–Crippen LogP) is -0.0355. The lowest BCUT2D eigenvalue weighted by Crippen LogP contribution is -2.56. The number of aliphatic carboxylic acids is 1. The Kier molecular flexibility index (Phi) is 5.97. The van der Waals surface area contributed by atoms with Gasteiger partial charge in [-0.3, -0.25) is 0 Å². The molecule has 8 nitrogen and oxygen atoms in total. The van der Waals surface area contributed by atoms with E-state index in [-0.39, 0.29) is 13.1 Å². The molecular formula is C12H23N3O5S. The normalized spacial score (nSPS) is 22.3. The first kappa shape index (κ1) is 17.7. The third-order valence-corrected chi connectivity index (χ3v) is 4.29. The van der Waals surface area contributed by atoms with Crippen LogP contribution in [0.15, 0.2) is 0 Å². The number of carbonyl (C=O) groups is 2. The summed E-state index contributed by atoms with van der Waals surface area (Å²) in [6, 6.07) is -0.460. The van der Waals surface area contributed by atoms with Crippen molar-refractivity contribution in [1.29, 1.82) is 0 Å². The average Bonchev–Trinajstić information content (AvgIpc) is 2.79. The summed E-state index contributed by atoms with van der Waals surface area (Å²) in [4.78, 5) is 25.1. The Morgan fingerprint density at radius 2 is 2.00 bits per heavy atom. The van der Waals surface area contributed by atoms with E-state index in [1.54, 1.807) is 0 Å². The summed E-state index contributed by atoms with van der Waals surface area (Å²) < 4.78 is 24.1. The van der Waals surface area contributed by atoms with Crippen LogP contribution in [0, 0.1) is 0 Å². The first-order valence-electron chi connectivity index (χ1n) is 6.96. The molecule has 122 valence electrons. The number of urea groups is 1. The third-order valence-electron chi connectivity index (χ3n) is 3.56. The Balaban J connectivity index is 2.61. The molecule has 1 aliphatic rings. The number of hydrogen-bond donors (Lipinski definition) is 3. The molecule has 3 N–H and O–H groups in total. The van der Waals surface area contributed by atoms with Crippen molar-refractivity contribution in [2.24, 2.45) is 0 Å². The second-order valence-corrected chi connectivity index (χ2v) is 7.07. The van der Waals surface area contributed by atoms with Crippen LogP contribution in [0.25, 0.3) is 0 Å². The van der Waals surface area contributed by atoms with E-state index in [4.69, 9.17) is 0 Å². The van der Waals surface area contributed by atoms with Crippen LogP contribution in [0.3, 0.4) is 0 Å². The van der Waals surface area contributed by atoms with Crippen LogP contribution in [-0.4, -0.2) is 61.9 Å². The highest BCUT2D eigenvalue weighted by atomic mass is 32.2. The summed E-state index contributed by atoms with van der Waals surface area (Å²) >= 11 is 0. The van der Waals surface area contributed by atoms with Gasteiger partial charge in [-0.05, 0) is 19.3 Å². The highest BCUT2D eigenvalue weighted by molar-refractivity contribution is 7.88. The molecule has 1 aliphatic heterocycles. The number of likely N-dealkylation sites (tertiary alicyclic amines) is 1. The summed E-state index contributed by atoms with van der Waals surface area (Å²) in [5.41, 5.74) is -1.14. The van der Waals surface area contributed by atoms with E-state index in [0.29, 0.717) is 32.2 Å². The SMILES string of the molecule is CCCC1(C(=O)O)CCCN1C(=O)NCCNS(C)(=O)=O. The number of carboxylic acid groups (broad SMARTS) is 1. The van der Waals surface area contributed by atoms with E-state index < -0.39 is 27.6 Å². The largest absolute Gasteiger partial charge is 0.479 e. The van der Waals surface area contributed by atoms with Crippen LogP contribution in [-0.2, 0) is 14.8 Å². The van der Waals surface area contributed by atoms with E-state index in [2.05, 4.69) is 10.0 Å². The number of nitrogens with zero attached hydrogens (tertiary/aromatic N) is 1. The van der Waals surface area contributed by atoms with Gasteiger partial charge in [-0.25, -0.2) is 22.7 Å². The van der Waals surface area contributed by atoms with Crippen molar-refractivity contribution >= 4 is 22.0 Å². The number of carbonyl (C=O) groups excluding carboxylic acids is 1. The third kappa shape index (κ3) is 4.57. The molecule has 0 spiro atoms. The molecule has 21 heavy (non-hydrogen) atoms. The number of hydrogen-bond acceptors (Lipinski definition) is 4. The number of amides is 2. The molecule has 0 bridgehead atoms. The fourth-order valence-electron chi connectivity index (χ4n) is 2.68. The van der Waals surface area contributed by atoms with Gasteiger partial charge in [-0.15, -0.1) is 0 Å². The molecule has 1 rings (SSSR count). The van der Waals surface area contributed by atoms with Crippen LogP contribution in [0.4, 0.5) is 4.79 Å². The minimum atomic E-state index is -3.30. The lowest BCUT2D eigenvalue weighted by Gasteiger charge is -2.34. The molecule has 0 aromatic heterocycles. The summed E-state index contributed by atoms with van der Waals surface area (Å²) in [6.07, 6.45) is 3.22. The Morgan fingerprint density at radius 1 is 1.33 bits per heavy atom. The van der Waals surface area contributed by atoms with Crippen LogP contribution >= 0.6 is 0 Å². The van der Waals surface area contributed by atoms with Crippen molar-refractivity contribution < 1.29 is 23.1 Å². The Hall–Kier alpha value is -1.35. The van der Waals surface area contributed by atoms with Gasteiger partial charge in [0, 0.05) is 19.6 Å². The molecule has 9 heteroatoms. The zero-order chi connectivity index (χ0) is 16.1. The maximum Gasteiger partial charge on any atom is 0.329 e. The van der Waals surface area contributed by atoms with Crippen molar-refractivity contribution in [3.8, 4) is 0 Å². The predicted molar refractivity (Wildman–Crippen MR) is 77.5 cm³/mol. The molecule has 1 heterocycles. The van der Waals surface area contributed by atoms with Crippen LogP contribution in [0.5, 0.6) is 0 Å². The van der Waals surface area contributed by atoms with E-state index >= 15 is 0 Å². The molecule has 1 fully saturated rings. The zero-order valence-electron chi connectivity index (χ0n) is 12.4. The summed E-state index contributed by atoms with van der Waals surface area (Å²) in [5.74, 6) is -0.980. The number of carboxylic acids is 1. The molecule has 1 atom stereocenters. The van der Waals surface area contributed by atoms with Gasteiger partial charge in [0.05, 0.1) is 6.26 Å². The molecule has 2 amide bonds. The van der Waals surface area contributed by atoms with Crippen LogP contribution in [0.2, 0.25) is 0 Å². The zero-order valence-corrected chi connectivity index (χ0v) is 13.2. The maximum atomic E-state index is 12.1. The second-order valence-electron chi connectivity index (χ2n) is 5.24. The summed E-state index contributed by atoms with van der Waals surface area (Å²) in [5, 5.41) is 12.0. The van der Waals surface area contributed by atoms with Gasteiger partial charge in [-0.1, -0.05) is 13.3 Å². The number of nitrogens with one attached hydrogen (secondary N) is 2. The van der Waals surface area contributed by atoms with Crippen molar-refractivity contribution in [3.63, 3.8) is 0 Å². The van der Waals surface area contributed by atoms with E-state index in [1.165, 1.54) is 4.90 Å². The second kappa shape index (κ2) is 7.08. The number of sulfonamides is 1. The molecule has 1 unspecified atom stereocenters.